The van der Waals surface area contributed by atoms with Crippen molar-refractivity contribution in [3.8, 4) is 5.75 Å². The van der Waals surface area contributed by atoms with Gasteiger partial charge in [-0.1, -0.05) is 19.1 Å². The van der Waals surface area contributed by atoms with Crippen molar-refractivity contribution in [1.82, 2.24) is 10.3 Å². The fourth-order valence-corrected chi connectivity index (χ4v) is 3.08. The zero-order valence-electron chi connectivity index (χ0n) is 12.5. The Morgan fingerprint density at radius 3 is 2.50 bits per heavy atom. The maximum Gasteiger partial charge on any atom is 0.121 e. The Morgan fingerprint density at radius 2 is 1.95 bits per heavy atom. The van der Waals surface area contributed by atoms with Gasteiger partial charge in [-0.05, 0) is 43.9 Å². The molecule has 1 heterocycles. The van der Waals surface area contributed by atoms with Crippen LogP contribution in [0, 0.1) is 13.8 Å². The fraction of sp³-hybridized carbons (Fsp3) is 0.438. The SMILES string of the molecule is CCc1cnc(C(C)NCc2cc(C)c(O)c(C)c2)s1. The van der Waals surface area contributed by atoms with Crippen LogP contribution in [0.2, 0.25) is 0 Å². The van der Waals surface area contributed by atoms with E-state index in [1.54, 1.807) is 11.3 Å². The van der Waals surface area contributed by atoms with Crippen molar-refractivity contribution in [3.63, 3.8) is 0 Å². The van der Waals surface area contributed by atoms with Gasteiger partial charge in [-0.15, -0.1) is 11.3 Å². The Kier molecular flexibility index (Phi) is 4.78. The summed E-state index contributed by atoms with van der Waals surface area (Å²) >= 11 is 1.77. The van der Waals surface area contributed by atoms with Crippen LogP contribution >= 0.6 is 11.3 Å². The Morgan fingerprint density at radius 1 is 1.30 bits per heavy atom. The summed E-state index contributed by atoms with van der Waals surface area (Å²) < 4.78 is 0. The second kappa shape index (κ2) is 6.37. The van der Waals surface area contributed by atoms with E-state index >= 15 is 0 Å². The van der Waals surface area contributed by atoms with Crippen molar-refractivity contribution >= 4 is 11.3 Å². The molecule has 0 aliphatic rings. The van der Waals surface area contributed by atoms with Crippen LogP contribution in [-0.2, 0) is 13.0 Å². The molecule has 2 N–H and O–H groups in total. The van der Waals surface area contributed by atoms with Crippen molar-refractivity contribution in [1.29, 1.82) is 0 Å². The average Bonchev–Trinajstić information content (AvgIpc) is 2.91. The summed E-state index contributed by atoms with van der Waals surface area (Å²) in [7, 11) is 0. The summed E-state index contributed by atoms with van der Waals surface area (Å²) in [5, 5.41) is 14.4. The average molecular weight is 290 g/mol. The first-order valence-corrected chi connectivity index (χ1v) is 7.80. The summed E-state index contributed by atoms with van der Waals surface area (Å²) in [6, 6.07) is 4.30. The van der Waals surface area contributed by atoms with E-state index in [0.717, 1.165) is 29.1 Å². The molecular weight excluding hydrogens is 268 g/mol. The molecule has 3 nitrogen and oxygen atoms in total. The minimum Gasteiger partial charge on any atom is -0.507 e. The molecule has 0 amide bonds. The number of aromatic nitrogens is 1. The van der Waals surface area contributed by atoms with Crippen LogP contribution in [0.25, 0.3) is 0 Å². The van der Waals surface area contributed by atoms with Gasteiger partial charge in [0.15, 0.2) is 0 Å². The summed E-state index contributed by atoms with van der Waals surface area (Å²) in [6.45, 7) is 8.94. The van der Waals surface area contributed by atoms with E-state index in [-0.39, 0.29) is 6.04 Å². The number of rotatable bonds is 5. The van der Waals surface area contributed by atoms with Crippen LogP contribution < -0.4 is 5.32 Å². The van der Waals surface area contributed by atoms with Gasteiger partial charge in [0.25, 0.3) is 0 Å². The van der Waals surface area contributed by atoms with E-state index in [4.69, 9.17) is 0 Å². The normalized spacial score (nSPS) is 12.6. The van der Waals surface area contributed by atoms with Crippen molar-refractivity contribution in [3.05, 3.63) is 44.9 Å². The van der Waals surface area contributed by atoms with Gasteiger partial charge in [-0.3, -0.25) is 0 Å². The molecule has 0 radical (unpaired) electrons. The topological polar surface area (TPSA) is 45.2 Å². The molecule has 108 valence electrons. The first-order chi connectivity index (χ1) is 9.51. The van der Waals surface area contributed by atoms with Crippen LogP contribution in [-0.4, -0.2) is 10.1 Å². The lowest BCUT2D eigenvalue weighted by molar-refractivity contribution is 0.466. The van der Waals surface area contributed by atoms with Gasteiger partial charge in [0.05, 0.1) is 6.04 Å². The standard InChI is InChI=1S/C16H22N2OS/c1-5-14-9-18-16(20-14)12(4)17-8-13-6-10(2)15(19)11(3)7-13/h6-7,9,12,17,19H,5,8H2,1-4H3. The van der Waals surface area contributed by atoms with Crippen molar-refractivity contribution in [2.45, 2.75) is 46.7 Å². The molecule has 0 aliphatic carbocycles. The van der Waals surface area contributed by atoms with E-state index in [2.05, 4.69) is 24.1 Å². The highest BCUT2D eigenvalue weighted by molar-refractivity contribution is 7.11. The van der Waals surface area contributed by atoms with E-state index in [1.165, 1.54) is 10.4 Å². The minimum absolute atomic E-state index is 0.245. The Bertz CT molecular complexity index is 569. The van der Waals surface area contributed by atoms with Gasteiger partial charge in [0.2, 0.25) is 0 Å². The van der Waals surface area contributed by atoms with Crippen LogP contribution in [0.3, 0.4) is 0 Å². The third-order valence-electron chi connectivity index (χ3n) is 3.45. The number of thiazole rings is 1. The van der Waals surface area contributed by atoms with E-state index in [1.807, 2.05) is 32.2 Å². The summed E-state index contributed by atoms with van der Waals surface area (Å²) in [6.07, 6.45) is 3.01. The lowest BCUT2D eigenvalue weighted by atomic mass is 10.1. The molecule has 0 fully saturated rings. The number of phenols is 1. The van der Waals surface area contributed by atoms with Crippen LogP contribution in [0.4, 0.5) is 0 Å². The van der Waals surface area contributed by atoms with E-state index in [9.17, 15) is 5.11 Å². The third-order valence-corrected chi connectivity index (χ3v) is 4.78. The number of aryl methyl sites for hydroxylation is 3. The molecule has 1 unspecified atom stereocenters. The highest BCUT2D eigenvalue weighted by atomic mass is 32.1. The highest BCUT2D eigenvalue weighted by Gasteiger charge is 2.10. The van der Waals surface area contributed by atoms with Gasteiger partial charge >= 0.3 is 0 Å². The molecule has 1 aromatic carbocycles. The molecule has 20 heavy (non-hydrogen) atoms. The lowest BCUT2D eigenvalue weighted by Gasteiger charge is -2.13. The first-order valence-electron chi connectivity index (χ1n) is 6.98. The minimum atomic E-state index is 0.245. The second-order valence-corrected chi connectivity index (χ2v) is 6.35. The molecular formula is C16H22N2OS. The number of hydrogen-bond donors (Lipinski definition) is 2. The van der Waals surface area contributed by atoms with Crippen molar-refractivity contribution < 1.29 is 5.11 Å². The zero-order chi connectivity index (χ0) is 14.7. The van der Waals surface area contributed by atoms with Gasteiger partial charge in [-0.2, -0.15) is 0 Å². The molecule has 0 saturated heterocycles. The maximum absolute atomic E-state index is 9.79. The van der Waals surface area contributed by atoms with E-state index < -0.39 is 0 Å². The number of nitrogens with zero attached hydrogens (tertiary/aromatic N) is 1. The van der Waals surface area contributed by atoms with Gasteiger partial charge in [-0.25, -0.2) is 4.98 Å². The number of benzene rings is 1. The largest absolute Gasteiger partial charge is 0.507 e. The van der Waals surface area contributed by atoms with Crippen molar-refractivity contribution in [2.24, 2.45) is 0 Å². The number of hydrogen-bond acceptors (Lipinski definition) is 4. The predicted octanol–water partition coefficient (Wildman–Crippen LogP) is 3.88. The summed E-state index contributed by atoms with van der Waals surface area (Å²) in [5.74, 6) is 0.398. The number of aromatic hydroxyl groups is 1. The second-order valence-electron chi connectivity index (χ2n) is 5.20. The summed E-state index contributed by atoms with van der Waals surface area (Å²) in [4.78, 5) is 5.79. The molecule has 1 atom stereocenters. The molecule has 4 heteroatoms. The van der Waals surface area contributed by atoms with Gasteiger partial charge < -0.3 is 10.4 Å². The monoisotopic (exact) mass is 290 g/mol. The smallest absolute Gasteiger partial charge is 0.121 e. The Hall–Kier alpha value is -1.39. The van der Waals surface area contributed by atoms with Crippen LogP contribution in [0.1, 0.15) is 46.5 Å². The van der Waals surface area contributed by atoms with Crippen LogP contribution in [0.5, 0.6) is 5.75 Å². The zero-order valence-corrected chi connectivity index (χ0v) is 13.3. The molecule has 1 aromatic heterocycles. The van der Waals surface area contributed by atoms with Gasteiger partial charge in [0.1, 0.15) is 10.8 Å². The third kappa shape index (κ3) is 3.38. The highest BCUT2D eigenvalue weighted by Crippen LogP contribution is 2.24. The lowest BCUT2D eigenvalue weighted by Crippen LogP contribution is -2.18. The summed E-state index contributed by atoms with van der Waals surface area (Å²) in [5.41, 5.74) is 3.05. The quantitative estimate of drug-likeness (QED) is 0.878. The number of phenolic OH excluding ortho intramolecular Hbond substituents is 1. The Balaban J connectivity index is 2.01. The molecule has 0 bridgehead atoms. The van der Waals surface area contributed by atoms with Gasteiger partial charge in [0, 0.05) is 17.6 Å². The number of nitrogens with one attached hydrogen (secondary N) is 1. The van der Waals surface area contributed by atoms with Crippen LogP contribution in [0.15, 0.2) is 18.3 Å². The molecule has 2 aromatic rings. The molecule has 0 spiro atoms. The molecule has 0 aliphatic heterocycles. The maximum atomic E-state index is 9.79. The van der Waals surface area contributed by atoms with Crippen molar-refractivity contribution in [2.75, 3.05) is 0 Å². The molecule has 0 saturated carbocycles. The molecule has 2 rings (SSSR count). The fourth-order valence-electron chi connectivity index (χ4n) is 2.19. The first kappa shape index (κ1) is 15.0. The predicted molar refractivity (Wildman–Crippen MR) is 84.3 cm³/mol. The van der Waals surface area contributed by atoms with E-state index in [0.29, 0.717) is 5.75 Å². The Labute approximate surface area is 124 Å².